The molecule has 0 fully saturated rings. The molecule has 0 saturated heterocycles. The molecule has 1 rings (SSSR count). The molecular weight excluding hydrogens is 200 g/mol. The van der Waals surface area contributed by atoms with Crippen molar-refractivity contribution in [1.82, 2.24) is 10.3 Å². The summed E-state index contributed by atoms with van der Waals surface area (Å²) in [4.78, 5) is 4.31. The van der Waals surface area contributed by atoms with Crippen LogP contribution in [0.3, 0.4) is 0 Å². The summed E-state index contributed by atoms with van der Waals surface area (Å²) in [7, 11) is 1.98. The molecule has 0 spiro atoms. The summed E-state index contributed by atoms with van der Waals surface area (Å²) in [5.74, 6) is 0. The molecule has 3 heteroatoms. The van der Waals surface area contributed by atoms with Gasteiger partial charge in [0.25, 0.3) is 0 Å². The Morgan fingerprint density at radius 3 is 2.75 bits per heavy atom. The zero-order valence-electron chi connectivity index (χ0n) is 10.5. The van der Waals surface area contributed by atoms with Gasteiger partial charge in [0.05, 0.1) is 0 Å². The fraction of sp³-hybridized carbons (Fsp3) is 0.615. The second-order valence-corrected chi connectivity index (χ2v) is 3.98. The number of aromatic nitrogens is 1. The number of hydrogen-bond donors (Lipinski definition) is 1. The van der Waals surface area contributed by atoms with Gasteiger partial charge < -0.3 is 10.1 Å². The number of nitrogens with one attached hydrogen (secondary N) is 1. The Bertz CT molecular complexity index is 284. The van der Waals surface area contributed by atoms with E-state index in [2.05, 4.69) is 23.3 Å². The van der Waals surface area contributed by atoms with Gasteiger partial charge in [-0.3, -0.25) is 4.98 Å². The predicted molar refractivity (Wildman–Crippen MR) is 66.5 cm³/mol. The maximum absolute atomic E-state index is 5.50. The Kier molecular flexibility index (Phi) is 6.04. The zero-order valence-corrected chi connectivity index (χ0v) is 10.5. The number of rotatable bonds is 7. The number of aryl methyl sites for hydroxylation is 1. The lowest BCUT2D eigenvalue weighted by molar-refractivity contribution is 0.125. The topological polar surface area (TPSA) is 34.1 Å². The Hall–Kier alpha value is -0.930. The predicted octanol–water partition coefficient (Wildman–Crippen LogP) is 2.47. The highest BCUT2D eigenvalue weighted by Crippen LogP contribution is 2.15. The molecule has 1 aromatic rings. The van der Waals surface area contributed by atoms with Crippen molar-refractivity contribution in [3.8, 4) is 0 Å². The maximum Gasteiger partial charge on any atom is 0.0484 e. The van der Waals surface area contributed by atoms with E-state index in [0.717, 1.165) is 31.7 Å². The minimum atomic E-state index is 0.338. The first-order valence-electron chi connectivity index (χ1n) is 5.95. The van der Waals surface area contributed by atoms with Gasteiger partial charge in [0.2, 0.25) is 0 Å². The van der Waals surface area contributed by atoms with Gasteiger partial charge in [-0.25, -0.2) is 0 Å². The van der Waals surface area contributed by atoms with Crippen LogP contribution in [0.25, 0.3) is 0 Å². The molecule has 0 aliphatic carbocycles. The van der Waals surface area contributed by atoms with E-state index in [0.29, 0.717) is 6.04 Å². The van der Waals surface area contributed by atoms with Gasteiger partial charge in [-0.15, -0.1) is 0 Å². The van der Waals surface area contributed by atoms with E-state index in [1.54, 1.807) is 0 Å². The van der Waals surface area contributed by atoms with Crippen molar-refractivity contribution in [3.63, 3.8) is 0 Å². The standard InChI is InChI=1S/C13H22N2O/c1-4-8-16-9-7-13(14-3)12-6-5-11(2)15-10-12/h5-6,10,13-14H,4,7-9H2,1-3H3. The molecule has 90 valence electrons. The van der Waals surface area contributed by atoms with E-state index >= 15 is 0 Å². The molecule has 0 radical (unpaired) electrons. The summed E-state index contributed by atoms with van der Waals surface area (Å²) in [6.45, 7) is 5.78. The normalized spacial score (nSPS) is 12.7. The minimum absolute atomic E-state index is 0.338. The monoisotopic (exact) mass is 222 g/mol. The first-order valence-corrected chi connectivity index (χ1v) is 5.95. The largest absolute Gasteiger partial charge is 0.381 e. The van der Waals surface area contributed by atoms with Crippen molar-refractivity contribution in [2.45, 2.75) is 32.7 Å². The van der Waals surface area contributed by atoms with Gasteiger partial charge in [-0.2, -0.15) is 0 Å². The molecule has 0 aliphatic heterocycles. The maximum atomic E-state index is 5.50. The van der Waals surface area contributed by atoms with Crippen LogP contribution < -0.4 is 5.32 Å². The fourth-order valence-corrected chi connectivity index (χ4v) is 1.61. The van der Waals surface area contributed by atoms with Gasteiger partial charge in [-0.1, -0.05) is 13.0 Å². The van der Waals surface area contributed by atoms with E-state index in [9.17, 15) is 0 Å². The molecule has 1 N–H and O–H groups in total. The Balaban J connectivity index is 2.44. The van der Waals surface area contributed by atoms with E-state index < -0.39 is 0 Å². The van der Waals surface area contributed by atoms with Crippen molar-refractivity contribution < 1.29 is 4.74 Å². The molecule has 1 aromatic heterocycles. The molecule has 1 heterocycles. The van der Waals surface area contributed by atoms with Gasteiger partial charge in [-0.05, 0) is 38.4 Å². The van der Waals surface area contributed by atoms with Crippen LogP contribution in [0.5, 0.6) is 0 Å². The van der Waals surface area contributed by atoms with Crippen molar-refractivity contribution >= 4 is 0 Å². The van der Waals surface area contributed by atoms with Gasteiger partial charge in [0, 0.05) is 31.1 Å². The Morgan fingerprint density at radius 2 is 2.19 bits per heavy atom. The third-order valence-corrected chi connectivity index (χ3v) is 2.58. The number of hydrogen-bond acceptors (Lipinski definition) is 3. The first kappa shape index (κ1) is 13.1. The second-order valence-electron chi connectivity index (χ2n) is 3.98. The molecule has 3 nitrogen and oxygen atoms in total. The van der Waals surface area contributed by atoms with Crippen LogP contribution in [0, 0.1) is 6.92 Å². The Labute approximate surface area is 98.2 Å². The summed E-state index contributed by atoms with van der Waals surface area (Å²) in [6, 6.07) is 4.51. The van der Waals surface area contributed by atoms with E-state index in [1.807, 2.05) is 26.2 Å². The highest BCUT2D eigenvalue weighted by atomic mass is 16.5. The van der Waals surface area contributed by atoms with Crippen LogP contribution in [0.2, 0.25) is 0 Å². The number of nitrogens with zero attached hydrogens (tertiary/aromatic N) is 1. The summed E-state index contributed by atoms with van der Waals surface area (Å²) < 4.78 is 5.50. The molecule has 0 aliphatic rings. The molecule has 0 amide bonds. The smallest absolute Gasteiger partial charge is 0.0484 e. The second kappa shape index (κ2) is 7.36. The first-order chi connectivity index (χ1) is 7.77. The van der Waals surface area contributed by atoms with Crippen LogP contribution in [-0.2, 0) is 4.74 Å². The minimum Gasteiger partial charge on any atom is -0.381 e. The molecular formula is C13H22N2O. The SMILES string of the molecule is CCCOCCC(NC)c1ccc(C)nc1. The highest BCUT2D eigenvalue weighted by Gasteiger charge is 2.08. The van der Waals surface area contributed by atoms with E-state index in [1.165, 1.54) is 5.56 Å². The van der Waals surface area contributed by atoms with Crippen LogP contribution >= 0.6 is 0 Å². The molecule has 0 aromatic carbocycles. The van der Waals surface area contributed by atoms with E-state index in [4.69, 9.17) is 4.74 Å². The molecule has 0 saturated carbocycles. The third-order valence-electron chi connectivity index (χ3n) is 2.58. The van der Waals surface area contributed by atoms with Gasteiger partial charge >= 0.3 is 0 Å². The lowest BCUT2D eigenvalue weighted by atomic mass is 10.1. The van der Waals surface area contributed by atoms with Crippen LogP contribution in [0.1, 0.15) is 37.1 Å². The van der Waals surface area contributed by atoms with Gasteiger partial charge in [0.1, 0.15) is 0 Å². The van der Waals surface area contributed by atoms with Crippen molar-refractivity contribution in [2.75, 3.05) is 20.3 Å². The van der Waals surface area contributed by atoms with Gasteiger partial charge in [0.15, 0.2) is 0 Å². The lowest BCUT2D eigenvalue weighted by Gasteiger charge is -2.16. The van der Waals surface area contributed by atoms with Crippen molar-refractivity contribution in [1.29, 1.82) is 0 Å². The van der Waals surface area contributed by atoms with Crippen LogP contribution in [0.15, 0.2) is 18.3 Å². The summed E-state index contributed by atoms with van der Waals surface area (Å²) in [6.07, 6.45) is 4.01. The average molecular weight is 222 g/mol. The summed E-state index contributed by atoms with van der Waals surface area (Å²) in [5, 5.41) is 3.29. The molecule has 16 heavy (non-hydrogen) atoms. The van der Waals surface area contributed by atoms with Crippen LogP contribution in [-0.4, -0.2) is 25.2 Å². The molecule has 1 atom stereocenters. The molecule has 0 bridgehead atoms. The van der Waals surface area contributed by atoms with Crippen molar-refractivity contribution in [2.24, 2.45) is 0 Å². The van der Waals surface area contributed by atoms with Crippen LogP contribution in [0.4, 0.5) is 0 Å². The third kappa shape index (κ3) is 4.29. The fourth-order valence-electron chi connectivity index (χ4n) is 1.61. The molecule has 1 unspecified atom stereocenters. The summed E-state index contributed by atoms with van der Waals surface area (Å²) >= 11 is 0. The zero-order chi connectivity index (χ0) is 11.8. The average Bonchev–Trinajstić information content (AvgIpc) is 2.31. The van der Waals surface area contributed by atoms with E-state index in [-0.39, 0.29) is 0 Å². The Morgan fingerprint density at radius 1 is 1.38 bits per heavy atom. The number of pyridine rings is 1. The lowest BCUT2D eigenvalue weighted by Crippen LogP contribution is -2.18. The summed E-state index contributed by atoms with van der Waals surface area (Å²) in [5.41, 5.74) is 2.29. The van der Waals surface area contributed by atoms with Crippen molar-refractivity contribution in [3.05, 3.63) is 29.6 Å². The quantitative estimate of drug-likeness (QED) is 0.720. The number of ether oxygens (including phenoxy) is 1. The highest BCUT2D eigenvalue weighted by molar-refractivity contribution is 5.17.